The number of aliphatic hydroxyl groups excluding tert-OH is 1. The van der Waals surface area contributed by atoms with Gasteiger partial charge in [-0.15, -0.1) is 0 Å². The van der Waals surface area contributed by atoms with E-state index >= 15 is 0 Å². The van der Waals surface area contributed by atoms with Crippen LogP contribution in [-0.2, 0) is 4.74 Å². The molecule has 4 aliphatic rings. The number of pyridine rings is 1. The highest BCUT2D eigenvalue weighted by Gasteiger charge is 2.46. The van der Waals surface area contributed by atoms with E-state index in [1.165, 1.54) is 39.2 Å². The van der Waals surface area contributed by atoms with Gasteiger partial charge in [-0.1, -0.05) is 40.2 Å². The second-order valence-corrected chi connectivity index (χ2v) is 18.1. The summed E-state index contributed by atoms with van der Waals surface area (Å²) in [6, 6.07) is 11.7. The van der Waals surface area contributed by atoms with Crippen LogP contribution in [0, 0.1) is 6.92 Å². The van der Waals surface area contributed by atoms with Crippen molar-refractivity contribution in [3.8, 4) is 17.2 Å². The highest BCUT2D eigenvalue weighted by molar-refractivity contribution is 8.77. The number of nitrogens with zero attached hydrogens (tertiary/aromatic N) is 5. The van der Waals surface area contributed by atoms with E-state index in [1.54, 1.807) is 35.4 Å². The van der Waals surface area contributed by atoms with Crippen LogP contribution < -0.4 is 19.1 Å². The molecule has 1 N–H and O–H groups in total. The standard InChI is InChI=1S/C43H49N5O8S2/c1-7-27-17-29-22-45-32-20-37(36(53-6)19-30(32)39(49)46(29)23-27)55-15-11-14-54-35-21-33-31(16-26(35)3)40(50)47-24-28(8-2)18-34(47)41(51)48(33)42(52)56-25-43(4,5)58-57-38-12-9-10-13-44-38/h7-10,12-13,16,19-22,29,34,41,51H,11,14-15,17-18,23-25H2,1-6H3/t29-,34-,41?/m0/s1. The monoisotopic (exact) mass is 827 g/mol. The van der Waals surface area contributed by atoms with E-state index in [4.69, 9.17) is 18.9 Å². The number of methoxy groups -OCH3 is 1. The van der Waals surface area contributed by atoms with E-state index in [1.807, 2.05) is 70.0 Å². The predicted octanol–water partition coefficient (Wildman–Crippen LogP) is 7.78. The first kappa shape index (κ1) is 41.2. The maximum absolute atomic E-state index is 14.1. The number of benzene rings is 2. The molecule has 1 unspecified atom stereocenters. The number of aryl methyl sites for hydroxylation is 1. The van der Waals surface area contributed by atoms with E-state index in [2.05, 4.69) is 16.1 Å². The molecule has 0 saturated carbocycles. The summed E-state index contributed by atoms with van der Waals surface area (Å²) in [6.45, 7) is 11.2. The Hall–Kier alpha value is -4.99. The molecular formula is C43H49N5O8S2. The summed E-state index contributed by atoms with van der Waals surface area (Å²) in [4.78, 5) is 55.3. The van der Waals surface area contributed by atoms with Gasteiger partial charge in [0.2, 0.25) is 0 Å². The number of hydrogen-bond donors (Lipinski definition) is 1. The number of carbonyl (C=O) groups excluding carboxylic acids is 3. The van der Waals surface area contributed by atoms with Crippen molar-refractivity contribution in [2.75, 3.05) is 44.9 Å². The molecule has 2 fully saturated rings. The zero-order chi connectivity index (χ0) is 41.1. The van der Waals surface area contributed by atoms with Crippen molar-refractivity contribution in [1.29, 1.82) is 0 Å². The zero-order valence-electron chi connectivity index (χ0n) is 33.6. The molecule has 1 aromatic heterocycles. The molecule has 2 aromatic carbocycles. The molecular weight excluding hydrogens is 779 g/mol. The average Bonchev–Trinajstić information content (AvgIpc) is 3.82. The molecule has 306 valence electrons. The average molecular weight is 828 g/mol. The number of fused-ring (bicyclic) bond motifs is 4. The Kier molecular flexibility index (Phi) is 12.4. The van der Waals surface area contributed by atoms with Crippen molar-refractivity contribution in [1.82, 2.24) is 14.8 Å². The smallest absolute Gasteiger partial charge is 0.416 e. The molecule has 3 aromatic rings. The maximum Gasteiger partial charge on any atom is 0.416 e. The number of aliphatic hydroxyl groups is 1. The van der Waals surface area contributed by atoms with E-state index in [-0.39, 0.29) is 48.9 Å². The number of amides is 3. The molecule has 3 atom stereocenters. The summed E-state index contributed by atoms with van der Waals surface area (Å²) in [5.74, 6) is 0.975. The van der Waals surface area contributed by atoms with Gasteiger partial charge in [-0.3, -0.25) is 14.6 Å². The van der Waals surface area contributed by atoms with Gasteiger partial charge in [0.15, 0.2) is 17.7 Å². The quantitative estimate of drug-likeness (QED) is 0.109. The lowest BCUT2D eigenvalue weighted by molar-refractivity contribution is 0.0486. The number of allylic oxidation sites excluding steroid dienone is 2. The summed E-state index contributed by atoms with van der Waals surface area (Å²) in [5.41, 5.74) is 4.40. The van der Waals surface area contributed by atoms with Crippen molar-refractivity contribution in [2.45, 2.75) is 82.0 Å². The minimum absolute atomic E-state index is 0.0422. The minimum Gasteiger partial charge on any atom is -0.493 e. The molecule has 0 bridgehead atoms. The minimum atomic E-state index is -1.37. The highest BCUT2D eigenvalue weighted by atomic mass is 33.1. The fourth-order valence-electron chi connectivity index (χ4n) is 7.43. The third-order valence-electron chi connectivity index (χ3n) is 10.7. The second-order valence-electron chi connectivity index (χ2n) is 15.2. The van der Waals surface area contributed by atoms with Gasteiger partial charge in [0.05, 0.1) is 59.7 Å². The van der Waals surface area contributed by atoms with E-state index in [0.717, 1.165) is 17.0 Å². The Morgan fingerprint density at radius 3 is 2.40 bits per heavy atom. The number of aromatic nitrogens is 1. The largest absolute Gasteiger partial charge is 0.493 e. The third kappa shape index (κ3) is 8.57. The molecule has 15 heteroatoms. The van der Waals surface area contributed by atoms with Crippen molar-refractivity contribution >= 4 is 57.1 Å². The first-order valence-electron chi connectivity index (χ1n) is 19.4. The summed E-state index contributed by atoms with van der Waals surface area (Å²) in [7, 11) is 4.55. The number of ether oxygens (including phenoxy) is 4. The topological polar surface area (TPSA) is 143 Å². The van der Waals surface area contributed by atoms with Crippen LogP contribution in [-0.4, -0.2) is 107 Å². The molecule has 5 heterocycles. The number of carbonyl (C=O) groups is 3. The summed E-state index contributed by atoms with van der Waals surface area (Å²) in [6.07, 6.45) is 7.10. The van der Waals surface area contributed by atoms with Crippen molar-refractivity contribution in [2.24, 2.45) is 4.99 Å². The summed E-state index contributed by atoms with van der Waals surface area (Å²) < 4.78 is 23.4. The predicted molar refractivity (Wildman–Crippen MR) is 226 cm³/mol. The van der Waals surface area contributed by atoms with Crippen molar-refractivity contribution < 1.29 is 38.4 Å². The van der Waals surface area contributed by atoms with Crippen molar-refractivity contribution in [3.63, 3.8) is 0 Å². The first-order valence-corrected chi connectivity index (χ1v) is 21.5. The molecule has 0 radical (unpaired) electrons. The normalized spacial score (nSPS) is 21.4. The molecule has 2 saturated heterocycles. The maximum atomic E-state index is 14.1. The molecule has 58 heavy (non-hydrogen) atoms. The van der Waals surface area contributed by atoms with Gasteiger partial charge in [-0.05, 0) is 88.1 Å². The zero-order valence-corrected chi connectivity index (χ0v) is 35.2. The number of hydrogen-bond acceptors (Lipinski definition) is 12. The van der Waals surface area contributed by atoms with Crippen LogP contribution in [0.5, 0.6) is 17.2 Å². The fraction of sp³-hybridized carbons (Fsp3) is 0.419. The second kappa shape index (κ2) is 17.5. The van der Waals surface area contributed by atoms with Crippen LogP contribution in [0.25, 0.3) is 0 Å². The fourth-order valence-corrected chi connectivity index (χ4v) is 9.45. The lowest BCUT2D eigenvalue weighted by atomic mass is 10.1. The van der Waals surface area contributed by atoms with Gasteiger partial charge in [0.25, 0.3) is 11.8 Å². The summed E-state index contributed by atoms with van der Waals surface area (Å²) >= 11 is 0. The number of anilines is 1. The van der Waals surface area contributed by atoms with Crippen LogP contribution in [0.4, 0.5) is 16.2 Å². The summed E-state index contributed by atoms with van der Waals surface area (Å²) in [5, 5.41) is 12.7. The SMILES string of the molecule is CC=C1C[C@H]2C=Nc3cc(OCCCOc4cc5c(cc4C)C(=O)N4CC(=CC)C[C@H]4C(O)N5C(=O)OCC(C)(C)SSc4ccccn4)c(OC)cc3C(=O)N2C1. The van der Waals surface area contributed by atoms with Crippen LogP contribution in [0.1, 0.15) is 73.2 Å². The van der Waals surface area contributed by atoms with Crippen LogP contribution in [0.15, 0.2) is 82.0 Å². The van der Waals surface area contributed by atoms with Gasteiger partial charge < -0.3 is 33.9 Å². The third-order valence-corrected chi connectivity index (χ3v) is 13.8. The highest BCUT2D eigenvalue weighted by Crippen LogP contribution is 2.43. The van der Waals surface area contributed by atoms with Crippen LogP contribution in [0.2, 0.25) is 0 Å². The Labute approximate surface area is 346 Å². The lowest BCUT2D eigenvalue weighted by Gasteiger charge is -2.32. The molecule has 7 rings (SSSR count). The Morgan fingerprint density at radius 1 is 0.948 bits per heavy atom. The molecule has 0 spiro atoms. The Morgan fingerprint density at radius 2 is 1.67 bits per heavy atom. The Balaban J connectivity index is 1.05. The van der Waals surface area contributed by atoms with Gasteiger partial charge in [0.1, 0.15) is 17.4 Å². The molecule has 13 nitrogen and oxygen atoms in total. The van der Waals surface area contributed by atoms with E-state index in [0.29, 0.717) is 60.0 Å². The number of aliphatic imine (C=N–C) groups is 1. The van der Waals surface area contributed by atoms with Crippen LogP contribution >= 0.6 is 21.6 Å². The lowest BCUT2D eigenvalue weighted by Crippen LogP contribution is -2.51. The van der Waals surface area contributed by atoms with Crippen molar-refractivity contribution in [3.05, 3.63) is 88.7 Å². The van der Waals surface area contributed by atoms with Gasteiger partial charge in [0, 0.05) is 44.1 Å². The number of rotatable bonds is 12. The van der Waals surface area contributed by atoms with E-state index in [9.17, 15) is 19.5 Å². The first-order chi connectivity index (χ1) is 27.9. The van der Waals surface area contributed by atoms with Crippen LogP contribution in [0.3, 0.4) is 0 Å². The molecule has 4 aliphatic heterocycles. The van der Waals surface area contributed by atoms with Gasteiger partial charge in [-0.25, -0.2) is 14.7 Å². The van der Waals surface area contributed by atoms with Gasteiger partial charge >= 0.3 is 6.09 Å². The molecule has 3 amide bonds. The Bertz CT molecular complexity index is 2160. The van der Waals surface area contributed by atoms with E-state index < -0.39 is 23.1 Å². The van der Waals surface area contributed by atoms with Gasteiger partial charge in [-0.2, -0.15) is 0 Å². The molecule has 0 aliphatic carbocycles.